The summed E-state index contributed by atoms with van der Waals surface area (Å²) >= 11 is 8.56. The molecule has 0 saturated carbocycles. The van der Waals surface area contributed by atoms with Gasteiger partial charge < -0.3 is 0 Å². The number of rotatable bonds is 1. The van der Waals surface area contributed by atoms with Crippen LogP contribution in [0.15, 0.2) is 34.2 Å². The van der Waals surface area contributed by atoms with E-state index >= 15 is 0 Å². The first-order valence-electron chi connectivity index (χ1n) is 3.66. The van der Waals surface area contributed by atoms with Gasteiger partial charge in [0.05, 0.1) is 6.20 Å². The monoisotopic (exact) mass is 209 g/mol. The van der Waals surface area contributed by atoms with Crippen LogP contribution in [0.3, 0.4) is 0 Å². The Hall–Kier alpha value is -0.940. The van der Waals surface area contributed by atoms with Crippen LogP contribution in [0.4, 0.5) is 0 Å². The summed E-state index contributed by atoms with van der Waals surface area (Å²) in [6.45, 7) is 0. The van der Waals surface area contributed by atoms with Crippen LogP contribution in [0.2, 0.25) is 0 Å². The fraction of sp³-hybridized carbons (Fsp3) is 0. The van der Waals surface area contributed by atoms with Crippen molar-refractivity contribution >= 4 is 25.3 Å². The number of thiol groups is 2. The van der Waals surface area contributed by atoms with E-state index in [-0.39, 0.29) is 0 Å². The maximum atomic E-state index is 4.32. The van der Waals surface area contributed by atoms with Gasteiger partial charge in [-0.15, -0.1) is 30.4 Å². The highest BCUT2D eigenvalue weighted by Crippen LogP contribution is 2.26. The number of hydrogen-bond acceptors (Lipinski definition) is 4. The number of H-pyrrole nitrogens is 1. The minimum Gasteiger partial charge on any atom is -0.265 e. The lowest BCUT2D eigenvalue weighted by atomic mass is 10.2. The summed E-state index contributed by atoms with van der Waals surface area (Å²) in [5, 5.41) is 10.2. The third-order valence-electron chi connectivity index (χ3n) is 1.67. The lowest BCUT2D eigenvalue weighted by Gasteiger charge is -2.00. The molecule has 1 aromatic heterocycles. The Morgan fingerprint density at radius 2 is 2.08 bits per heavy atom. The number of aromatic amines is 1. The summed E-state index contributed by atoms with van der Waals surface area (Å²) < 4.78 is 0. The van der Waals surface area contributed by atoms with Crippen molar-refractivity contribution in [1.82, 2.24) is 15.4 Å². The van der Waals surface area contributed by atoms with Crippen LogP contribution in [0.5, 0.6) is 0 Å². The normalized spacial score (nSPS) is 10.3. The topological polar surface area (TPSA) is 41.6 Å². The summed E-state index contributed by atoms with van der Waals surface area (Å²) in [4.78, 5) is 1.75. The molecule has 0 spiro atoms. The molecule has 0 unspecified atom stereocenters. The number of benzene rings is 1. The summed E-state index contributed by atoms with van der Waals surface area (Å²) in [6.07, 6.45) is 1.72. The Bertz CT molecular complexity index is 411. The first-order valence-corrected chi connectivity index (χ1v) is 4.55. The van der Waals surface area contributed by atoms with Gasteiger partial charge in [0.15, 0.2) is 0 Å². The standard InChI is InChI=1S/C8H7N3S2/c12-5-1-2-8(13)6(3-5)7-4-9-11-10-7/h1-4,12-13H,(H,9,10,11). The molecule has 2 rings (SSSR count). The van der Waals surface area contributed by atoms with E-state index in [0.29, 0.717) is 0 Å². The number of hydrogen-bond donors (Lipinski definition) is 3. The van der Waals surface area contributed by atoms with E-state index in [9.17, 15) is 0 Å². The van der Waals surface area contributed by atoms with Gasteiger partial charge in [-0.05, 0) is 18.2 Å². The maximum absolute atomic E-state index is 4.32. The highest BCUT2D eigenvalue weighted by atomic mass is 32.1. The second kappa shape index (κ2) is 3.43. The first-order chi connectivity index (χ1) is 6.27. The predicted octanol–water partition coefficient (Wildman–Crippen LogP) is 2.05. The van der Waals surface area contributed by atoms with E-state index in [1.165, 1.54) is 0 Å². The Labute approximate surface area is 86.4 Å². The molecule has 0 amide bonds. The van der Waals surface area contributed by atoms with Crippen molar-refractivity contribution in [2.24, 2.45) is 0 Å². The molecule has 0 aliphatic heterocycles. The van der Waals surface area contributed by atoms with Crippen LogP contribution >= 0.6 is 25.3 Å². The van der Waals surface area contributed by atoms with Crippen LogP contribution in [-0.2, 0) is 0 Å². The average Bonchev–Trinajstić information content (AvgIpc) is 2.61. The zero-order valence-electron chi connectivity index (χ0n) is 6.60. The molecule has 0 fully saturated rings. The Morgan fingerprint density at radius 1 is 1.23 bits per heavy atom. The van der Waals surface area contributed by atoms with E-state index in [0.717, 1.165) is 21.0 Å². The molecule has 66 valence electrons. The minimum atomic E-state index is 0.779. The van der Waals surface area contributed by atoms with Crippen molar-refractivity contribution in [2.45, 2.75) is 9.79 Å². The summed E-state index contributed by atoms with van der Waals surface area (Å²) in [7, 11) is 0. The lowest BCUT2D eigenvalue weighted by Crippen LogP contribution is -1.81. The van der Waals surface area contributed by atoms with E-state index < -0.39 is 0 Å². The van der Waals surface area contributed by atoms with Gasteiger partial charge in [-0.2, -0.15) is 0 Å². The van der Waals surface area contributed by atoms with Crippen molar-refractivity contribution in [3.05, 3.63) is 24.4 Å². The molecular weight excluding hydrogens is 202 g/mol. The van der Waals surface area contributed by atoms with Gasteiger partial charge in [-0.3, -0.25) is 5.10 Å². The van der Waals surface area contributed by atoms with Crippen LogP contribution in [0.25, 0.3) is 11.3 Å². The zero-order chi connectivity index (χ0) is 9.26. The number of nitrogens with zero attached hydrogens (tertiary/aromatic N) is 2. The Balaban J connectivity index is 2.57. The predicted molar refractivity (Wildman–Crippen MR) is 56.3 cm³/mol. The van der Waals surface area contributed by atoms with Crippen LogP contribution in [0.1, 0.15) is 0 Å². The van der Waals surface area contributed by atoms with E-state index in [1.54, 1.807) is 6.20 Å². The molecule has 13 heavy (non-hydrogen) atoms. The molecule has 1 heterocycles. The molecule has 0 saturated heterocycles. The first kappa shape index (κ1) is 8.65. The van der Waals surface area contributed by atoms with Crippen molar-refractivity contribution in [3.63, 3.8) is 0 Å². The summed E-state index contributed by atoms with van der Waals surface area (Å²) in [5.74, 6) is 0. The van der Waals surface area contributed by atoms with E-state index in [1.807, 2.05) is 18.2 Å². The second-order valence-electron chi connectivity index (χ2n) is 2.56. The molecule has 3 nitrogen and oxygen atoms in total. The highest BCUT2D eigenvalue weighted by Gasteiger charge is 2.04. The Morgan fingerprint density at radius 3 is 2.77 bits per heavy atom. The molecule has 1 N–H and O–H groups in total. The van der Waals surface area contributed by atoms with Crippen molar-refractivity contribution in [1.29, 1.82) is 0 Å². The van der Waals surface area contributed by atoms with Gasteiger partial charge >= 0.3 is 0 Å². The van der Waals surface area contributed by atoms with E-state index in [4.69, 9.17) is 0 Å². The fourth-order valence-corrected chi connectivity index (χ4v) is 1.52. The van der Waals surface area contributed by atoms with Gasteiger partial charge in [0.25, 0.3) is 0 Å². The molecule has 5 heteroatoms. The smallest absolute Gasteiger partial charge is 0.113 e. The van der Waals surface area contributed by atoms with Gasteiger partial charge in [0.1, 0.15) is 5.69 Å². The van der Waals surface area contributed by atoms with Gasteiger partial charge in [0, 0.05) is 15.4 Å². The second-order valence-corrected chi connectivity index (χ2v) is 3.56. The van der Waals surface area contributed by atoms with Crippen LogP contribution in [0, 0.1) is 0 Å². The summed E-state index contributed by atoms with van der Waals surface area (Å²) in [5.41, 5.74) is 1.71. The highest BCUT2D eigenvalue weighted by molar-refractivity contribution is 7.80. The molecule has 0 radical (unpaired) electrons. The van der Waals surface area contributed by atoms with Gasteiger partial charge in [-0.25, -0.2) is 0 Å². The Kier molecular flexibility index (Phi) is 2.28. The molecule has 1 aromatic carbocycles. The lowest BCUT2D eigenvalue weighted by molar-refractivity contribution is 0.941. The molecule has 0 bridgehead atoms. The average molecular weight is 209 g/mol. The van der Waals surface area contributed by atoms with Crippen LogP contribution in [-0.4, -0.2) is 15.4 Å². The van der Waals surface area contributed by atoms with Crippen molar-refractivity contribution in [3.8, 4) is 11.3 Å². The van der Waals surface area contributed by atoms with E-state index in [2.05, 4.69) is 40.7 Å². The molecule has 0 aliphatic rings. The van der Waals surface area contributed by atoms with Gasteiger partial charge in [-0.1, -0.05) is 5.21 Å². The van der Waals surface area contributed by atoms with Crippen molar-refractivity contribution in [2.75, 3.05) is 0 Å². The minimum absolute atomic E-state index is 0.779. The largest absolute Gasteiger partial charge is 0.265 e. The third kappa shape index (κ3) is 1.71. The molecule has 0 atom stereocenters. The SMILES string of the molecule is Sc1ccc(S)c(-c2c[nH]nn2)c1. The summed E-state index contributed by atoms with van der Waals surface area (Å²) in [6, 6.07) is 5.67. The van der Waals surface area contributed by atoms with Crippen LogP contribution < -0.4 is 0 Å². The molecule has 2 aromatic rings. The fourth-order valence-electron chi connectivity index (χ4n) is 1.06. The number of aromatic nitrogens is 3. The third-order valence-corrected chi connectivity index (χ3v) is 2.34. The zero-order valence-corrected chi connectivity index (χ0v) is 8.39. The maximum Gasteiger partial charge on any atom is 0.113 e. The quantitative estimate of drug-likeness (QED) is 0.629. The van der Waals surface area contributed by atoms with Gasteiger partial charge in [0.2, 0.25) is 0 Å². The van der Waals surface area contributed by atoms with Crippen molar-refractivity contribution < 1.29 is 0 Å². The molecule has 0 aliphatic carbocycles. The molecular formula is C8H7N3S2. The number of nitrogens with one attached hydrogen (secondary N) is 1.